The minimum atomic E-state index is -2.21. The van der Waals surface area contributed by atoms with Crippen LogP contribution in [0.3, 0.4) is 0 Å². The topological polar surface area (TPSA) is 128 Å². The van der Waals surface area contributed by atoms with Gasteiger partial charge in [0, 0.05) is 62.9 Å². The standard InChI is InChI=1S/C24H27FN4O6/c1-26-22(32)24(34,10-5-11-30)29-14-18-17(21(29)31)6-4-7-20(18)27-13-15-12-16(8-9-19(15)25)35-23(33)28(2)3/h4,6-9,11-12,27,34H,5,10,13-14H2,1-3H3,(H,26,32). The molecule has 3 N–H and O–H groups in total. The summed E-state index contributed by atoms with van der Waals surface area (Å²) in [5, 5.41) is 16.5. The number of anilines is 1. The van der Waals surface area contributed by atoms with Gasteiger partial charge in [0.25, 0.3) is 11.8 Å². The van der Waals surface area contributed by atoms with Gasteiger partial charge in [-0.3, -0.25) is 14.5 Å². The van der Waals surface area contributed by atoms with E-state index in [1.807, 2.05) is 0 Å². The molecule has 1 aliphatic rings. The Morgan fingerprint density at radius 2 is 2.03 bits per heavy atom. The van der Waals surface area contributed by atoms with Crippen LogP contribution in [0.25, 0.3) is 0 Å². The highest BCUT2D eigenvalue weighted by Gasteiger charge is 2.47. The number of fused-ring (bicyclic) bond motifs is 1. The lowest BCUT2D eigenvalue weighted by atomic mass is 10.0. The highest BCUT2D eigenvalue weighted by molar-refractivity contribution is 6.03. The third-order valence-corrected chi connectivity index (χ3v) is 5.67. The predicted octanol–water partition coefficient (Wildman–Crippen LogP) is 1.87. The molecule has 2 aromatic rings. The molecule has 0 aliphatic carbocycles. The van der Waals surface area contributed by atoms with Gasteiger partial charge in [0.1, 0.15) is 17.9 Å². The van der Waals surface area contributed by atoms with Gasteiger partial charge < -0.3 is 30.2 Å². The SMILES string of the molecule is CNC(=O)C(O)(CCC=O)N1Cc2c(NCc3cc(OC(=O)N(C)C)ccc3F)cccc2C1=O. The Morgan fingerprint density at radius 3 is 2.69 bits per heavy atom. The van der Waals surface area contributed by atoms with E-state index in [2.05, 4.69) is 10.6 Å². The van der Waals surface area contributed by atoms with Crippen LogP contribution in [0.4, 0.5) is 14.9 Å². The van der Waals surface area contributed by atoms with E-state index < -0.39 is 29.4 Å². The number of hydrogen-bond donors (Lipinski definition) is 3. The van der Waals surface area contributed by atoms with Gasteiger partial charge in [-0.2, -0.15) is 0 Å². The molecule has 3 rings (SSSR count). The fourth-order valence-electron chi connectivity index (χ4n) is 3.76. The molecular weight excluding hydrogens is 459 g/mol. The molecule has 11 heteroatoms. The van der Waals surface area contributed by atoms with Crippen molar-refractivity contribution < 1.29 is 33.4 Å². The van der Waals surface area contributed by atoms with Gasteiger partial charge in [0.05, 0.1) is 6.54 Å². The number of aldehydes is 1. The Bertz CT molecular complexity index is 1150. The number of nitrogens with zero attached hydrogens (tertiary/aromatic N) is 2. The number of nitrogens with one attached hydrogen (secondary N) is 2. The second-order valence-electron chi connectivity index (χ2n) is 8.19. The fourth-order valence-corrected chi connectivity index (χ4v) is 3.76. The molecule has 0 fully saturated rings. The van der Waals surface area contributed by atoms with Crippen molar-refractivity contribution in [3.05, 3.63) is 58.9 Å². The van der Waals surface area contributed by atoms with Crippen LogP contribution >= 0.6 is 0 Å². The molecule has 2 aromatic carbocycles. The second-order valence-corrected chi connectivity index (χ2v) is 8.19. The largest absolute Gasteiger partial charge is 0.414 e. The summed E-state index contributed by atoms with van der Waals surface area (Å²) in [6, 6.07) is 8.80. The summed E-state index contributed by atoms with van der Waals surface area (Å²) in [7, 11) is 4.38. The minimum Gasteiger partial charge on any atom is -0.410 e. The van der Waals surface area contributed by atoms with Crippen LogP contribution in [0.5, 0.6) is 5.75 Å². The molecule has 1 atom stereocenters. The summed E-state index contributed by atoms with van der Waals surface area (Å²) < 4.78 is 19.6. The summed E-state index contributed by atoms with van der Waals surface area (Å²) in [4.78, 5) is 50.4. The second kappa shape index (κ2) is 10.5. The highest BCUT2D eigenvalue weighted by Crippen LogP contribution is 2.35. The normalized spacial score (nSPS) is 14.1. The molecule has 0 spiro atoms. The Labute approximate surface area is 201 Å². The van der Waals surface area contributed by atoms with Crippen molar-refractivity contribution >= 4 is 29.9 Å². The highest BCUT2D eigenvalue weighted by atomic mass is 19.1. The van der Waals surface area contributed by atoms with Crippen LogP contribution in [-0.2, 0) is 22.7 Å². The zero-order valence-electron chi connectivity index (χ0n) is 19.6. The van der Waals surface area contributed by atoms with Gasteiger partial charge in [-0.25, -0.2) is 9.18 Å². The van der Waals surface area contributed by atoms with Crippen molar-refractivity contribution in [2.45, 2.75) is 31.7 Å². The van der Waals surface area contributed by atoms with E-state index >= 15 is 0 Å². The number of amides is 3. The van der Waals surface area contributed by atoms with Gasteiger partial charge in [0.15, 0.2) is 0 Å². The number of hydrogen-bond acceptors (Lipinski definition) is 7. The van der Waals surface area contributed by atoms with E-state index in [0.717, 1.165) is 4.90 Å². The number of aliphatic hydroxyl groups is 1. The molecular formula is C24H27FN4O6. The van der Waals surface area contributed by atoms with E-state index in [0.29, 0.717) is 17.5 Å². The van der Waals surface area contributed by atoms with E-state index in [9.17, 15) is 28.7 Å². The number of rotatable bonds is 9. The lowest BCUT2D eigenvalue weighted by Crippen LogP contribution is -2.58. The molecule has 186 valence electrons. The number of benzene rings is 2. The summed E-state index contributed by atoms with van der Waals surface area (Å²) in [6.45, 7) is -0.0855. The first-order valence-electron chi connectivity index (χ1n) is 10.9. The van der Waals surface area contributed by atoms with Gasteiger partial charge in [0.2, 0.25) is 5.72 Å². The van der Waals surface area contributed by atoms with Crippen molar-refractivity contribution in [2.24, 2.45) is 0 Å². The van der Waals surface area contributed by atoms with Crippen molar-refractivity contribution in [3.63, 3.8) is 0 Å². The summed E-state index contributed by atoms with van der Waals surface area (Å²) in [5.74, 6) is -1.71. The zero-order valence-corrected chi connectivity index (χ0v) is 19.6. The molecule has 0 radical (unpaired) electrons. The minimum absolute atomic E-state index is 0.00862. The van der Waals surface area contributed by atoms with Crippen LogP contribution in [0.1, 0.15) is 34.3 Å². The van der Waals surface area contributed by atoms with Gasteiger partial charge >= 0.3 is 6.09 Å². The Hall–Kier alpha value is -3.99. The molecule has 10 nitrogen and oxygen atoms in total. The maximum Gasteiger partial charge on any atom is 0.414 e. The van der Waals surface area contributed by atoms with E-state index in [-0.39, 0.29) is 42.8 Å². The first-order chi connectivity index (χ1) is 16.6. The maximum atomic E-state index is 14.4. The molecule has 1 unspecified atom stereocenters. The summed E-state index contributed by atoms with van der Waals surface area (Å²) in [6.07, 6.45) is -0.424. The van der Waals surface area contributed by atoms with Crippen molar-refractivity contribution in [1.29, 1.82) is 0 Å². The Balaban J connectivity index is 1.83. The van der Waals surface area contributed by atoms with E-state index in [1.165, 1.54) is 44.2 Å². The third-order valence-electron chi connectivity index (χ3n) is 5.67. The fraction of sp³-hybridized carbons (Fsp3) is 0.333. The zero-order chi connectivity index (χ0) is 25.8. The average molecular weight is 487 g/mol. The monoisotopic (exact) mass is 486 g/mol. The van der Waals surface area contributed by atoms with Gasteiger partial charge in [-0.1, -0.05) is 6.07 Å². The summed E-state index contributed by atoms with van der Waals surface area (Å²) in [5.41, 5.74) is -0.692. The Morgan fingerprint density at radius 1 is 1.29 bits per heavy atom. The van der Waals surface area contributed by atoms with Crippen molar-refractivity contribution in [2.75, 3.05) is 26.5 Å². The number of carbonyl (C=O) groups is 4. The first kappa shape index (κ1) is 25.6. The quantitative estimate of drug-likeness (QED) is 0.462. The smallest absolute Gasteiger partial charge is 0.410 e. The van der Waals surface area contributed by atoms with Gasteiger partial charge in [-0.05, 0) is 30.3 Å². The van der Waals surface area contributed by atoms with Crippen LogP contribution in [0.15, 0.2) is 36.4 Å². The predicted molar refractivity (Wildman–Crippen MR) is 124 cm³/mol. The molecule has 0 bridgehead atoms. The third kappa shape index (κ3) is 5.24. The number of halogens is 1. The summed E-state index contributed by atoms with van der Waals surface area (Å²) >= 11 is 0. The molecule has 1 heterocycles. The average Bonchev–Trinajstić information content (AvgIpc) is 3.19. The van der Waals surface area contributed by atoms with Crippen molar-refractivity contribution in [1.82, 2.24) is 15.1 Å². The van der Waals surface area contributed by atoms with Gasteiger partial charge in [-0.15, -0.1) is 0 Å². The first-order valence-corrected chi connectivity index (χ1v) is 10.9. The van der Waals surface area contributed by atoms with Crippen LogP contribution in [-0.4, -0.2) is 66.0 Å². The lowest BCUT2D eigenvalue weighted by Gasteiger charge is -2.35. The van der Waals surface area contributed by atoms with E-state index in [4.69, 9.17) is 4.74 Å². The number of likely N-dealkylation sites (N-methyl/N-ethyl adjacent to an activating group) is 1. The Kier molecular flexibility index (Phi) is 7.70. The molecule has 3 amide bonds. The molecule has 1 aliphatic heterocycles. The van der Waals surface area contributed by atoms with Crippen LogP contribution < -0.4 is 15.4 Å². The molecule has 0 saturated carbocycles. The number of carbonyl (C=O) groups excluding carboxylic acids is 4. The molecule has 35 heavy (non-hydrogen) atoms. The lowest BCUT2D eigenvalue weighted by molar-refractivity contribution is -0.159. The molecule has 0 saturated heterocycles. The maximum absolute atomic E-state index is 14.4. The van der Waals surface area contributed by atoms with Crippen LogP contribution in [0.2, 0.25) is 0 Å². The van der Waals surface area contributed by atoms with Crippen molar-refractivity contribution in [3.8, 4) is 5.75 Å². The number of ether oxygens (including phenoxy) is 1. The van der Waals surface area contributed by atoms with E-state index in [1.54, 1.807) is 18.2 Å². The molecule has 0 aromatic heterocycles. The van der Waals surface area contributed by atoms with Crippen LogP contribution in [0, 0.1) is 5.82 Å².